The van der Waals surface area contributed by atoms with Crippen LogP contribution in [0.15, 0.2) is 0 Å². The van der Waals surface area contributed by atoms with E-state index in [-0.39, 0.29) is 18.2 Å². The highest BCUT2D eigenvalue weighted by atomic mass is 32.2. The van der Waals surface area contributed by atoms with Crippen molar-refractivity contribution in [1.29, 1.82) is 0 Å². The van der Waals surface area contributed by atoms with E-state index in [0.717, 1.165) is 43.9 Å². The smallest absolute Gasteiger partial charge is 0.159 e. The summed E-state index contributed by atoms with van der Waals surface area (Å²) in [6.07, 6.45) is 15.0. The molecule has 0 heterocycles. The molecule has 6 unspecified atom stereocenters. The second-order valence-corrected chi connectivity index (χ2v) is 15.9. The van der Waals surface area contributed by atoms with Crippen LogP contribution >= 0.6 is 0 Å². The molecule has 7 heteroatoms. The van der Waals surface area contributed by atoms with Gasteiger partial charge in [-0.05, 0) is 113 Å². The van der Waals surface area contributed by atoms with Crippen molar-refractivity contribution in [3.63, 3.8) is 0 Å². The van der Waals surface area contributed by atoms with E-state index >= 15 is 0 Å². The first-order valence-corrected chi connectivity index (χ1v) is 16.5. The molecular weight excluding hydrogens is 472 g/mol. The summed E-state index contributed by atoms with van der Waals surface area (Å²) in [7, 11) is -1.47. The molecule has 4 aliphatic rings. The Morgan fingerprint density at radius 3 is 1.64 bits per heavy atom. The molecule has 0 amide bonds. The Kier molecular flexibility index (Phi) is 9.51. The summed E-state index contributed by atoms with van der Waals surface area (Å²) in [5.74, 6) is 2.06. The van der Waals surface area contributed by atoms with Gasteiger partial charge in [0.1, 0.15) is 0 Å². The van der Waals surface area contributed by atoms with Gasteiger partial charge in [-0.15, -0.1) is 0 Å². The molecule has 0 spiro atoms. The van der Waals surface area contributed by atoms with Crippen molar-refractivity contribution < 1.29 is 17.9 Å². The second kappa shape index (κ2) is 11.9. The van der Waals surface area contributed by atoms with Crippen LogP contribution in [0, 0.1) is 23.2 Å². The first-order chi connectivity index (χ1) is 17.0. The summed E-state index contributed by atoms with van der Waals surface area (Å²) < 4.78 is 39.1. The maximum absolute atomic E-state index is 13.5. The molecule has 0 aliphatic heterocycles. The highest BCUT2D eigenvalue weighted by molar-refractivity contribution is 7.92. The minimum Gasteiger partial charge on any atom is -0.381 e. The summed E-state index contributed by atoms with van der Waals surface area (Å²) in [4.78, 5) is 0. The quantitative estimate of drug-likeness (QED) is 0.485. The summed E-state index contributed by atoms with van der Waals surface area (Å²) in [6, 6.07) is -0.604. The number of sulfone groups is 1. The van der Waals surface area contributed by atoms with E-state index in [1.807, 2.05) is 7.11 Å². The third kappa shape index (κ3) is 6.32. The van der Waals surface area contributed by atoms with Crippen LogP contribution in [0.3, 0.4) is 0 Å². The Morgan fingerprint density at radius 2 is 1.14 bits per heavy atom. The van der Waals surface area contributed by atoms with Gasteiger partial charge in [-0.2, -0.15) is 0 Å². The van der Waals surface area contributed by atoms with Gasteiger partial charge in [-0.25, -0.2) is 8.42 Å². The molecule has 4 saturated carbocycles. The average Bonchev–Trinajstić information content (AvgIpc) is 2.84. The normalized spacial score (nSPS) is 43.3. The van der Waals surface area contributed by atoms with E-state index in [9.17, 15) is 8.42 Å². The number of nitrogens with two attached hydrogens (primary N) is 2. The maximum Gasteiger partial charge on any atom is 0.159 e. The molecule has 4 fully saturated rings. The van der Waals surface area contributed by atoms with Crippen molar-refractivity contribution in [3.8, 4) is 0 Å². The summed E-state index contributed by atoms with van der Waals surface area (Å²) in [5.41, 5.74) is 13.2. The Morgan fingerprint density at radius 1 is 0.667 bits per heavy atom. The lowest BCUT2D eigenvalue weighted by molar-refractivity contribution is -0.0688. The fourth-order valence-electron chi connectivity index (χ4n) is 8.29. The van der Waals surface area contributed by atoms with Gasteiger partial charge in [0.2, 0.25) is 0 Å². The molecule has 6 nitrogen and oxygen atoms in total. The van der Waals surface area contributed by atoms with Crippen molar-refractivity contribution >= 4 is 9.84 Å². The average molecular weight is 527 g/mol. The SMILES string of the molecule is COC1CCC(C(C)(C)C2CCC(OC3CCC(S(=O)(=O)C4CCC(C)CC4N)C(N)C3)CC2)CC1. The van der Waals surface area contributed by atoms with Crippen LogP contribution in [-0.2, 0) is 19.3 Å². The topological polar surface area (TPSA) is 105 Å². The van der Waals surface area contributed by atoms with Gasteiger partial charge in [0.15, 0.2) is 9.84 Å². The van der Waals surface area contributed by atoms with Crippen LogP contribution in [0.4, 0.5) is 0 Å². The van der Waals surface area contributed by atoms with Gasteiger partial charge in [-0.1, -0.05) is 20.8 Å². The van der Waals surface area contributed by atoms with Gasteiger partial charge >= 0.3 is 0 Å². The first-order valence-electron chi connectivity index (χ1n) is 14.9. The summed E-state index contributed by atoms with van der Waals surface area (Å²) in [6.45, 7) is 7.16. The molecule has 4 aliphatic carbocycles. The molecular formula is C29H54N2O4S. The van der Waals surface area contributed by atoms with E-state index in [1.54, 1.807) is 0 Å². The monoisotopic (exact) mass is 526 g/mol. The third-order valence-electron chi connectivity index (χ3n) is 10.9. The Bertz CT molecular complexity index is 802. The number of hydrogen-bond acceptors (Lipinski definition) is 6. The van der Waals surface area contributed by atoms with Crippen molar-refractivity contribution in [2.75, 3.05) is 7.11 Å². The van der Waals surface area contributed by atoms with Gasteiger partial charge in [0.25, 0.3) is 0 Å². The summed E-state index contributed by atoms with van der Waals surface area (Å²) in [5, 5.41) is -0.892. The highest BCUT2D eigenvalue weighted by Crippen LogP contribution is 2.49. The molecule has 4 rings (SSSR count). The summed E-state index contributed by atoms with van der Waals surface area (Å²) >= 11 is 0. The van der Waals surface area contributed by atoms with Crippen molar-refractivity contribution in [2.45, 2.75) is 152 Å². The zero-order valence-electron chi connectivity index (χ0n) is 23.4. The van der Waals surface area contributed by atoms with Crippen LogP contribution in [0.5, 0.6) is 0 Å². The minimum absolute atomic E-state index is 0.0883. The lowest BCUT2D eigenvalue weighted by atomic mass is 9.60. The van der Waals surface area contributed by atoms with Crippen molar-refractivity contribution in [2.24, 2.45) is 34.6 Å². The number of hydrogen-bond donors (Lipinski definition) is 2. The molecule has 210 valence electrons. The van der Waals surface area contributed by atoms with Crippen LogP contribution in [0.2, 0.25) is 0 Å². The minimum atomic E-state index is -3.32. The number of methoxy groups -OCH3 is 1. The Hall–Kier alpha value is -0.210. The second-order valence-electron chi connectivity index (χ2n) is 13.5. The largest absolute Gasteiger partial charge is 0.381 e. The molecule has 6 atom stereocenters. The maximum atomic E-state index is 13.5. The van der Waals surface area contributed by atoms with Gasteiger partial charge < -0.3 is 20.9 Å². The molecule has 36 heavy (non-hydrogen) atoms. The van der Waals surface area contributed by atoms with E-state index in [2.05, 4.69) is 20.8 Å². The predicted octanol–water partition coefficient (Wildman–Crippen LogP) is 4.97. The highest BCUT2D eigenvalue weighted by Gasteiger charge is 2.46. The molecule has 4 N–H and O–H groups in total. The Balaban J connectivity index is 1.24. The van der Waals surface area contributed by atoms with Crippen molar-refractivity contribution in [1.82, 2.24) is 0 Å². The standard InChI is InChI=1S/C29H54N2O4S/c1-19-5-15-27(25(30)17-19)36(32,33)28-16-14-24(18-26(28)31)35-23-12-8-21(9-13-23)29(2,3)20-6-10-22(34-4)11-7-20/h19-28H,5-18,30-31H2,1-4H3. The van der Waals surface area contributed by atoms with Crippen LogP contribution < -0.4 is 11.5 Å². The van der Waals surface area contributed by atoms with Crippen LogP contribution in [-0.4, -0.2) is 56.4 Å². The van der Waals surface area contributed by atoms with Crippen LogP contribution in [0.25, 0.3) is 0 Å². The third-order valence-corrected chi connectivity index (χ3v) is 13.8. The van der Waals surface area contributed by atoms with E-state index in [0.29, 0.717) is 42.8 Å². The number of ether oxygens (including phenoxy) is 2. The lowest BCUT2D eigenvalue weighted by Crippen LogP contribution is -2.54. The molecule has 0 aromatic heterocycles. The molecule has 0 bridgehead atoms. The van der Waals surface area contributed by atoms with Crippen LogP contribution in [0.1, 0.15) is 111 Å². The first kappa shape index (κ1) is 28.8. The van der Waals surface area contributed by atoms with E-state index < -0.39 is 20.3 Å². The van der Waals surface area contributed by atoms with Gasteiger partial charge in [0, 0.05) is 19.2 Å². The van der Waals surface area contributed by atoms with E-state index in [4.69, 9.17) is 20.9 Å². The lowest BCUT2D eigenvalue weighted by Gasteiger charge is -2.47. The molecule has 0 aromatic rings. The van der Waals surface area contributed by atoms with Gasteiger partial charge in [0.05, 0.1) is 28.8 Å². The molecule has 0 radical (unpaired) electrons. The van der Waals surface area contributed by atoms with Crippen molar-refractivity contribution in [3.05, 3.63) is 0 Å². The molecule has 0 saturated heterocycles. The zero-order chi connectivity index (χ0) is 26.1. The zero-order valence-corrected chi connectivity index (χ0v) is 24.2. The molecule has 0 aromatic carbocycles. The Labute approximate surface area is 220 Å². The fraction of sp³-hybridized carbons (Fsp3) is 1.00. The van der Waals surface area contributed by atoms with E-state index in [1.165, 1.54) is 38.5 Å². The predicted molar refractivity (Wildman–Crippen MR) is 146 cm³/mol. The van der Waals surface area contributed by atoms with Gasteiger partial charge in [-0.3, -0.25) is 0 Å². The fourth-order valence-corrected chi connectivity index (χ4v) is 10.9. The number of rotatable bonds is 7.